The molecule has 0 spiro atoms. The molecule has 1 aliphatic rings. The summed E-state index contributed by atoms with van der Waals surface area (Å²) in [7, 11) is 0. The second-order valence-electron chi connectivity index (χ2n) is 4.12. The van der Waals surface area contributed by atoms with E-state index in [1.165, 1.54) is 0 Å². The Morgan fingerprint density at radius 3 is 2.79 bits per heavy atom. The summed E-state index contributed by atoms with van der Waals surface area (Å²) < 4.78 is 11.3. The fraction of sp³-hybridized carbons (Fsp3) is 0.545. The molecule has 14 heavy (non-hydrogen) atoms. The van der Waals surface area contributed by atoms with Crippen molar-refractivity contribution < 1.29 is 9.47 Å². The second-order valence-corrected chi connectivity index (χ2v) is 4.12. The topological polar surface area (TPSA) is 31.4 Å². The molecule has 0 aromatic carbocycles. The quantitative estimate of drug-likeness (QED) is 0.633. The maximum atomic E-state index is 5.75. The van der Waals surface area contributed by atoms with E-state index in [2.05, 4.69) is 4.98 Å². The molecule has 1 aromatic heterocycles. The van der Waals surface area contributed by atoms with Gasteiger partial charge in [-0.2, -0.15) is 0 Å². The summed E-state index contributed by atoms with van der Waals surface area (Å²) >= 11 is 0. The first-order chi connectivity index (χ1) is 6.49. The molecule has 0 fully saturated rings. The molecule has 76 valence electrons. The standard InChI is InChI=1S/C11H15NO2/c1-7-5-12-8(2)10-9(7)6-13-11(3,4)14-10/h5H,6H2,1-4H3. The van der Waals surface area contributed by atoms with Gasteiger partial charge in [0.25, 0.3) is 0 Å². The highest BCUT2D eigenvalue weighted by atomic mass is 16.7. The van der Waals surface area contributed by atoms with Crippen molar-refractivity contribution in [3.05, 3.63) is 23.0 Å². The smallest absolute Gasteiger partial charge is 0.205 e. The first-order valence-electron chi connectivity index (χ1n) is 4.78. The van der Waals surface area contributed by atoms with Crippen molar-refractivity contribution in [2.75, 3.05) is 0 Å². The average Bonchev–Trinajstić information content (AvgIpc) is 2.10. The largest absolute Gasteiger partial charge is 0.461 e. The zero-order chi connectivity index (χ0) is 10.3. The van der Waals surface area contributed by atoms with Crippen molar-refractivity contribution >= 4 is 0 Å². The van der Waals surface area contributed by atoms with Crippen LogP contribution in [0.25, 0.3) is 0 Å². The Hall–Kier alpha value is -1.09. The summed E-state index contributed by atoms with van der Waals surface area (Å²) in [5.41, 5.74) is 3.18. The van der Waals surface area contributed by atoms with Crippen LogP contribution in [0.15, 0.2) is 6.20 Å². The Morgan fingerprint density at radius 1 is 1.36 bits per heavy atom. The van der Waals surface area contributed by atoms with Gasteiger partial charge in [0.15, 0.2) is 0 Å². The number of aryl methyl sites for hydroxylation is 2. The molecule has 3 nitrogen and oxygen atoms in total. The lowest BCUT2D eigenvalue weighted by Gasteiger charge is -2.33. The van der Waals surface area contributed by atoms with Gasteiger partial charge in [0.1, 0.15) is 5.75 Å². The Kier molecular flexibility index (Phi) is 2.00. The van der Waals surface area contributed by atoms with Crippen LogP contribution in [-0.2, 0) is 11.3 Å². The highest BCUT2D eigenvalue weighted by Crippen LogP contribution is 2.34. The van der Waals surface area contributed by atoms with E-state index in [1.807, 2.05) is 33.9 Å². The van der Waals surface area contributed by atoms with Gasteiger partial charge in [0, 0.05) is 25.6 Å². The maximum absolute atomic E-state index is 5.75. The lowest BCUT2D eigenvalue weighted by atomic mass is 10.1. The molecule has 0 radical (unpaired) electrons. The Labute approximate surface area is 84.1 Å². The molecule has 0 bridgehead atoms. The van der Waals surface area contributed by atoms with Gasteiger partial charge in [-0.05, 0) is 19.4 Å². The molecule has 2 rings (SSSR count). The predicted octanol–water partition coefficient (Wildman–Crippen LogP) is 2.34. The highest BCUT2D eigenvalue weighted by Gasteiger charge is 2.29. The van der Waals surface area contributed by atoms with Crippen molar-refractivity contribution in [1.29, 1.82) is 0 Å². The van der Waals surface area contributed by atoms with Crippen molar-refractivity contribution in [1.82, 2.24) is 4.98 Å². The number of nitrogens with zero attached hydrogens (tertiary/aromatic N) is 1. The average molecular weight is 193 g/mol. The van der Waals surface area contributed by atoms with Crippen molar-refractivity contribution in [2.24, 2.45) is 0 Å². The number of hydrogen-bond acceptors (Lipinski definition) is 3. The first kappa shape index (κ1) is 9.46. The van der Waals surface area contributed by atoms with Crippen LogP contribution in [0.5, 0.6) is 5.75 Å². The summed E-state index contributed by atoms with van der Waals surface area (Å²) in [6, 6.07) is 0. The van der Waals surface area contributed by atoms with Gasteiger partial charge < -0.3 is 9.47 Å². The van der Waals surface area contributed by atoms with E-state index in [9.17, 15) is 0 Å². The fourth-order valence-corrected chi connectivity index (χ4v) is 1.56. The zero-order valence-electron chi connectivity index (χ0n) is 9.05. The molecule has 0 saturated heterocycles. The van der Waals surface area contributed by atoms with Crippen LogP contribution in [0, 0.1) is 13.8 Å². The minimum absolute atomic E-state index is 0.534. The van der Waals surface area contributed by atoms with Crippen molar-refractivity contribution in [3.63, 3.8) is 0 Å². The van der Waals surface area contributed by atoms with Gasteiger partial charge >= 0.3 is 0 Å². The van der Waals surface area contributed by atoms with Crippen molar-refractivity contribution in [2.45, 2.75) is 40.1 Å². The third-order valence-corrected chi connectivity index (χ3v) is 2.44. The van der Waals surface area contributed by atoms with Gasteiger partial charge in [-0.25, -0.2) is 0 Å². The first-order valence-corrected chi connectivity index (χ1v) is 4.78. The van der Waals surface area contributed by atoms with Gasteiger partial charge in [0.2, 0.25) is 5.79 Å². The Morgan fingerprint density at radius 2 is 2.07 bits per heavy atom. The maximum Gasteiger partial charge on any atom is 0.205 e. The molecule has 1 aromatic rings. The highest BCUT2D eigenvalue weighted by molar-refractivity contribution is 5.42. The number of rotatable bonds is 0. The van der Waals surface area contributed by atoms with Crippen LogP contribution in [-0.4, -0.2) is 10.8 Å². The molecule has 0 amide bonds. The van der Waals surface area contributed by atoms with Crippen LogP contribution in [0.2, 0.25) is 0 Å². The van der Waals surface area contributed by atoms with E-state index < -0.39 is 5.79 Å². The number of aromatic nitrogens is 1. The summed E-state index contributed by atoms with van der Waals surface area (Å²) in [5.74, 6) is 0.356. The van der Waals surface area contributed by atoms with Gasteiger partial charge in [0.05, 0.1) is 12.3 Å². The molecule has 0 saturated carbocycles. The van der Waals surface area contributed by atoms with Crippen LogP contribution in [0.3, 0.4) is 0 Å². The molecular formula is C11H15NO2. The summed E-state index contributed by atoms with van der Waals surface area (Å²) in [5, 5.41) is 0. The van der Waals surface area contributed by atoms with Crippen LogP contribution in [0.4, 0.5) is 0 Å². The van der Waals surface area contributed by atoms with Crippen LogP contribution in [0.1, 0.15) is 30.7 Å². The van der Waals surface area contributed by atoms with Crippen LogP contribution < -0.4 is 4.74 Å². The third kappa shape index (κ3) is 1.48. The molecule has 0 atom stereocenters. The van der Waals surface area contributed by atoms with E-state index in [-0.39, 0.29) is 0 Å². The molecule has 1 aliphatic heterocycles. The molecule has 2 heterocycles. The van der Waals surface area contributed by atoms with E-state index in [0.29, 0.717) is 6.61 Å². The lowest BCUT2D eigenvalue weighted by molar-refractivity contribution is -0.180. The minimum atomic E-state index is -0.534. The monoisotopic (exact) mass is 193 g/mol. The van der Waals surface area contributed by atoms with Gasteiger partial charge in [-0.1, -0.05) is 0 Å². The summed E-state index contributed by atoms with van der Waals surface area (Å²) in [6.45, 7) is 8.42. The minimum Gasteiger partial charge on any atom is -0.461 e. The molecule has 0 aliphatic carbocycles. The number of hydrogen-bond donors (Lipinski definition) is 0. The SMILES string of the molecule is Cc1cnc(C)c2c1COC(C)(C)O2. The Bertz CT molecular complexity index is 372. The van der Waals surface area contributed by atoms with Gasteiger partial charge in [-0.15, -0.1) is 0 Å². The Balaban J connectivity index is 2.51. The fourth-order valence-electron chi connectivity index (χ4n) is 1.56. The van der Waals surface area contributed by atoms with E-state index in [0.717, 1.165) is 22.6 Å². The van der Waals surface area contributed by atoms with E-state index in [1.54, 1.807) is 0 Å². The normalized spacial score (nSPS) is 18.6. The number of fused-ring (bicyclic) bond motifs is 1. The third-order valence-electron chi connectivity index (χ3n) is 2.44. The van der Waals surface area contributed by atoms with E-state index >= 15 is 0 Å². The second kappa shape index (κ2) is 2.95. The van der Waals surface area contributed by atoms with Crippen LogP contribution >= 0.6 is 0 Å². The predicted molar refractivity (Wildman–Crippen MR) is 53.2 cm³/mol. The number of pyridine rings is 1. The molecule has 0 N–H and O–H groups in total. The lowest BCUT2D eigenvalue weighted by Crippen LogP contribution is -2.36. The van der Waals surface area contributed by atoms with Crippen molar-refractivity contribution in [3.8, 4) is 5.75 Å². The number of ether oxygens (including phenoxy) is 2. The van der Waals surface area contributed by atoms with Gasteiger partial charge in [-0.3, -0.25) is 4.98 Å². The molecular weight excluding hydrogens is 178 g/mol. The zero-order valence-corrected chi connectivity index (χ0v) is 9.05. The molecule has 0 unspecified atom stereocenters. The summed E-state index contributed by atoms with van der Waals surface area (Å²) in [4.78, 5) is 4.28. The van der Waals surface area contributed by atoms with E-state index in [4.69, 9.17) is 9.47 Å². The molecule has 3 heteroatoms. The summed E-state index contributed by atoms with van der Waals surface area (Å²) in [6.07, 6.45) is 1.86.